The number of anilines is 1. The number of thiol groups is 1. The van der Waals surface area contributed by atoms with Crippen molar-refractivity contribution in [2.45, 2.75) is 79.4 Å². The van der Waals surface area contributed by atoms with Gasteiger partial charge in [0.1, 0.15) is 57.3 Å². The van der Waals surface area contributed by atoms with E-state index in [2.05, 4.69) is 53.4 Å². The number of ether oxygens (including phenoxy) is 5. The van der Waals surface area contributed by atoms with Crippen molar-refractivity contribution in [2.75, 3.05) is 51.4 Å². The van der Waals surface area contributed by atoms with Crippen molar-refractivity contribution in [3.8, 4) is 23.3 Å². The highest BCUT2D eigenvalue weighted by Crippen LogP contribution is 2.40. The number of benzene rings is 3. The van der Waals surface area contributed by atoms with Crippen molar-refractivity contribution >= 4 is 65.3 Å². The summed E-state index contributed by atoms with van der Waals surface area (Å²) in [4.78, 5) is 54.8. The summed E-state index contributed by atoms with van der Waals surface area (Å²) in [7, 11) is 1.39. The fourth-order valence-electron chi connectivity index (χ4n) is 7.04. The molecule has 0 spiro atoms. The Bertz CT molecular complexity index is 2410. The Morgan fingerprint density at radius 2 is 1.72 bits per heavy atom. The molecule has 67 heavy (non-hydrogen) atoms. The highest BCUT2D eigenvalue weighted by molar-refractivity contribution is 7.74. The van der Waals surface area contributed by atoms with Gasteiger partial charge in [0.15, 0.2) is 17.3 Å². The molecule has 2 heterocycles. The summed E-state index contributed by atoms with van der Waals surface area (Å²) in [6.07, 6.45) is 3.75. The first-order valence-electron chi connectivity index (χ1n) is 21.7. The van der Waals surface area contributed by atoms with Crippen LogP contribution in [0.5, 0.6) is 17.2 Å². The van der Waals surface area contributed by atoms with Crippen LogP contribution in [0.25, 0.3) is 0 Å². The second-order valence-corrected chi connectivity index (χ2v) is 17.9. The third-order valence-corrected chi connectivity index (χ3v) is 11.4. The number of nitriles is 1. The van der Waals surface area contributed by atoms with Crippen LogP contribution < -0.4 is 25.0 Å². The van der Waals surface area contributed by atoms with Crippen LogP contribution in [-0.2, 0) is 37.7 Å². The molecule has 3 atom stereocenters. The second-order valence-electron chi connectivity index (χ2n) is 16.4. The zero-order chi connectivity index (χ0) is 49.3. The summed E-state index contributed by atoms with van der Waals surface area (Å²) in [6, 6.07) is 18.1. The minimum atomic E-state index is -0.861. The Labute approximate surface area is 407 Å². The minimum Gasteiger partial charge on any atom is -0.490 e. The fourth-order valence-corrected chi connectivity index (χ4v) is 7.48. The molecule has 16 nitrogen and oxygen atoms in total. The lowest BCUT2D eigenvalue weighted by Crippen LogP contribution is -2.42. The lowest BCUT2D eigenvalue weighted by molar-refractivity contribution is -0.955. The third kappa shape index (κ3) is 16.2. The molecule has 1 fully saturated rings. The number of hydrogen-bond acceptors (Lipinski definition) is 15. The van der Waals surface area contributed by atoms with Crippen LogP contribution in [0.15, 0.2) is 60.8 Å². The number of halogens is 2. The third-order valence-electron chi connectivity index (χ3n) is 10.9. The average molecular weight is 983 g/mol. The molecule has 360 valence electrons. The van der Waals surface area contributed by atoms with Crippen molar-refractivity contribution in [2.24, 2.45) is 11.8 Å². The van der Waals surface area contributed by atoms with Crippen molar-refractivity contribution in [1.82, 2.24) is 15.3 Å². The zero-order valence-electron chi connectivity index (χ0n) is 38.8. The smallest absolute Gasteiger partial charge is 0.273 e. The molecule has 3 unspecified atom stereocenters. The molecule has 0 aliphatic carbocycles. The number of piperidine rings is 1. The maximum atomic E-state index is 12.2. The SMILES string of the molecule is CC(=O)c1cccc(OCCOCCOCc2cc(C(C)(C)c3cc(Cl)c(OCCCl)c(C#N)c3)ccc2OCc2ccnc(N[N+](C)(O)S)n2)c1C(C)=O.CCC(C)C1CCC(=O)NC1=O. The number of nitrogens with one attached hydrogen (secondary N) is 2. The van der Waals surface area contributed by atoms with Crippen molar-refractivity contribution < 1.29 is 52.2 Å². The Kier molecular flexibility index (Phi) is 20.8. The van der Waals surface area contributed by atoms with Gasteiger partial charge in [0, 0.05) is 35.1 Å². The van der Waals surface area contributed by atoms with Crippen molar-refractivity contribution in [3.63, 3.8) is 0 Å². The van der Waals surface area contributed by atoms with Crippen LogP contribution in [-0.4, -0.2) is 88.7 Å². The van der Waals surface area contributed by atoms with Gasteiger partial charge in [0.25, 0.3) is 5.95 Å². The monoisotopic (exact) mass is 981 g/mol. The van der Waals surface area contributed by atoms with E-state index < -0.39 is 9.58 Å². The lowest BCUT2D eigenvalue weighted by Gasteiger charge is -2.28. The number of hydroxylamine groups is 1. The largest absolute Gasteiger partial charge is 0.490 e. The zero-order valence-corrected chi connectivity index (χ0v) is 41.2. The van der Waals surface area contributed by atoms with Gasteiger partial charge in [0.2, 0.25) is 11.8 Å². The van der Waals surface area contributed by atoms with Crippen LogP contribution in [0.4, 0.5) is 5.95 Å². The average Bonchev–Trinajstić information content (AvgIpc) is 3.28. The Morgan fingerprint density at radius 3 is 2.37 bits per heavy atom. The summed E-state index contributed by atoms with van der Waals surface area (Å²) in [5, 5.41) is 22.5. The van der Waals surface area contributed by atoms with E-state index in [1.165, 1.54) is 27.1 Å². The Balaban J connectivity index is 0.000000707. The second kappa shape index (κ2) is 25.7. The van der Waals surface area contributed by atoms with Gasteiger partial charge in [-0.2, -0.15) is 15.9 Å². The van der Waals surface area contributed by atoms with Crippen molar-refractivity contribution in [1.29, 1.82) is 5.26 Å². The highest BCUT2D eigenvalue weighted by atomic mass is 35.5. The first kappa shape index (κ1) is 54.3. The number of hydrogen-bond donors (Lipinski definition) is 4. The molecule has 2 amide bonds. The topological polar surface area (TPSA) is 208 Å². The van der Waals surface area contributed by atoms with E-state index in [0.29, 0.717) is 51.4 Å². The number of carbonyl (C=O) groups excluding carboxylic acids is 4. The first-order valence-corrected chi connectivity index (χ1v) is 23.0. The van der Waals surface area contributed by atoms with Crippen LogP contribution in [0.3, 0.4) is 0 Å². The van der Waals surface area contributed by atoms with E-state index in [0.717, 1.165) is 29.5 Å². The predicted octanol–water partition coefficient (Wildman–Crippen LogP) is 8.63. The standard InChI is InChI=1S/C39H44Cl2N5O8S.C9H15NO2/c1-25(47)32-7-6-8-35(36(32)26(2)48)52-18-17-50-15-16-51-23-28-20-29(39(3,4)30-19-27(22-42)37(33(41)21-30)53-14-12-40)9-10-34(28)54-24-31-11-13-43-38(44-31)45-46(5,49)55;1-3-6(2)7-4-5-8(11)10-9(7)12/h6-11,13,19-21,49,55H,12,14-18,23-24H2,1-5H3,(H,43,44,45);6-7H,3-5H2,1-2H3,(H,10,11,12)/q+1;. The molecule has 0 saturated carbocycles. The number of Topliss-reactive ketones (excluding diaryl/α,β-unsaturated/α-hetero) is 2. The number of quaternary nitrogens is 1. The maximum absolute atomic E-state index is 12.2. The molecule has 1 aliphatic rings. The highest BCUT2D eigenvalue weighted by Gasteiger charge is 2.30. The van der Waals surface area contributed by atoms with E-state index in [1.807, 2.05) is 32.0 Å². The van der Waals surface area contributed by atoms with Crippen molar-refractivity contribution in [3.05, 3.63) is 105 Å². The van der Waals surface area contributed by atoms with Crippen LogP contribution >= 0.6 is 36.0 Å². The quantitative estimate of drug-likeness (QED) is 0.0104. The van der Waals surface area contributed by atoms with Gasteiger partial charge in [-0.3, -0.25) is 24.5 Å². The number of rotatable bonds is 23. The molecule has 0 radical (unpaired) electrons. The molecule has 3 N–H and O–H groups in total. The molecule has 0 bridgehead atoms. The minimum absolute atomic E-state index is 0.0488. The number of carbonyl (C=O) groups is 4. The number of ketones is 2. The summed E-state index contributed by atoms with van der Waals surface area (Å²) >= 11 is 16.4. The van der Waals surface area contributed by atoms with Gasteiger partial charge in [-0.05, 0) is 77.9 Å². The molecule has 1 aliphatic heterocycles. The number of aromatic nitrogens is 2. The van der Waals surface area contributed by atoms with Gasteiger partial charge >= 0.3 is 0 Å². The molecular formula is C48H59Cl2N6O10S+. The molecule has 5 rings (SSSR count). The molecule has 1 saturated heterocycles. The summed E-state index contributed by atoms with van der Waals surface area (Å²) in [6.45, 7) is 12.3. The predicted molar refractivity (Wildman–Crippen MR) is 256 cm³/mol. The first-order chi connectivity index (χ1) is 31.8. The molecule has 3 aromatic carbocycles. The molecular weight excluding hydrogens is 924 g/mol. The number of alkyl halides is 1. The fraction of sp³-hybridized carbons (Fsp3) is 0.438. The van der Waals surface area contributed by atoms with E-state index in [1.54, 1.807) is 36.4 Å². The molecule has 1 aromatic heterocycles. The van der Waals surface area contributed by atoms with E-state index in [9.17, 15) is 29.6 Å². The van der Waals surface area contributed by atoms with Gasteiger partial charge in [-0.25, -0.2) is 9.97 Å². The summed E-state index contributed by atoms with van der Waals surface area (Å²) in [5.41, 5.74) is 5.89. The van der Waals surface area contributed by atoms with Crippen LogP contribution in [0.1, 0.15) is 109 Å². The van der Waals surface area contributed by atoms with E-state index in [-0.39, 0.29) is 92.9 Å². The molecule has 19 heteroatoms. The van der Waals surface area contributed by atoms with E-state index >= 15 is 0 Å². The Hall–Kier alpha value is -5.32. The number of amides is 2. The van der Waals surface area contributed by atoms with Gasteiger partial charge in [0.05, 0.1) is 54.2 Å². The number of imide groups is 1. The normalized spacial score (nSPS) is 14.9. The van der Waals surface area contributed by atoms with E-state index in [4.69, 9.17) is 46.9 Å². The lowest BCUT2D eigenvalue weighted by atomic mass is 9.77. The van der Waals surface area contributed by atoms with Gasteiger partial charge in [-0.1, -0.05) is 63.9 Å². The van der Waals surface area contributed by atoms with Gasteiger partial charge < -0.3 is 23.7 Å². The Morgan fingerprint density at radius 1 is 0.985 bits per heavy atom. The van der Waals surface area contributed by atoms with Gasteiger partial charge in [-0.15, -0.1) is 11.6 Å². The summed E-state index contributed by atoms with van der Waals surface area (Å²) in [5.74, 6) is 1.34. The number of nitrogens with zero attached hydrogens (tertiary/aromatic N) is 4. The molecule has 4 aromatic rings. The maximum Gasteiger partial charge on any atom is 0.273 e. The summed E-state index contributed by atoms with van der Waals surface area (Å²) < 4.78 is 28.5. The van der Waals surface area contributed by atoms with Crippen LogP contribution in [0, 0.1) is 23.2 Å². The van der Waals surface area contributed by atoms with Crippen LogP contribution in [0.2, 0.25) is 5.02 Å².